The van der Waals surface area contributed by atoms with Crippen LogP contribution in [0, 0.1) is 11.7 Å². The average molecular weight is 246 g/mol. The lowest BCUT2D eigenvalue weighted by Crippen LogP contribution is -1.93. The van der Waals surface area contributed by atoms with Gasteiger partial charge in [-0.25, -0.2) is 0 Å². The Balaban J connectivity index is 2.23. The smallest absolute Gasteiger partial charge is 0.216 e. The van der Waals surface area contributed by atoms with E-state index in [0.717, 1.165) is 17.8 Å². The number of hydrogen-bond donors (Lipinski definition) is 1. The van der Waals surface area contributed by atoms with Crippen LogP contribution in [0.5, 0.6) is 0 Å². The Hall–Kier alpha value is -1.75. The molecule has 1 aromatic carbocycles. The maximum absolute atomic E-state index is 5.06. The van der Waals surface area contributed by atoms with E-state index >= 15 is 0 Å². The molecule has 88 valence electrons. The van der Waals surface area contributed by atoms with E-state index in [1.165, 1.54) is 5.56 Å². The second kappa shape index (κ2) is 5.05. The Kier molecular flexibility index (Phi) is 3.49. The zero-order chi connectivity index (χ0) is 12.3. The molecule has 1 aromatic heterocycles. The SMILES string of the molecule is CCc1ccc(/C=N/n2c(C)n[nH]c2=S)cc1. The maximum Gasteiger partial charge on any atom is 0.216 e. The summed E-state index contributed by atoms with van der Waals surface area (Å²) in [5.41, 5.74) is 2.36. The molecule has 0 spiro atoms. The predicted molar refractivity (Wildman–Crippen MR) is 71.0 cm³/mol. The molecule has 0 saturated carbocycles. The third-order valence-electron chi connectivity index (χ3n) is 2.52. The van der Waals surface area contributed by atoms with Crippen LogP contribution < -0.4 is 0 Å². The van der Waals surface area contributed by atoms with Gasteiger partial charge in [0.2, 0.25) is 4.77 Å². The molecule has 0 amide bonds. The van der Waals surface area contributed by atoms with Gasteiger partial charge in [-0.1, -0.05) is 31.2 Å². The van der Waals surface area contributed by atoms with E-state index in [1.807, 2.05) is 19.1 Å². The van der Waals surface area contributed by atoms with Crippen LogP contribution in [0.4, 0.5) is 0 Å². The third-order valence-corrected chi connectivity index (χ3v) is 2.79. The molecule has 0 aliphatic carbocycles. The van der Waals surface area contributed by atoms with E-state index < -0.39 is 0 Å². The molecule has 2 aromatic rings. The van der Waals surface area contributed by atoms with Gasteiger partial charge in [-0.05, 0) is 36.7 Å². The number of benzene rings is 1. The Morgan fingerprint density at radius 3 is 2.65 bits per heavy atom. The highest BCUT2D eigenvalue weighted by atomic mass is 32.1. The van der Waals surface area contributed by atoms with Gasteiger partial charge in [0.1, 0.15) is 5.82 Å². The zero-order valence-corrected chi connectivity index (χ0v) is 10.7. The van der Waals surface area contributed by atoms with Crippen molar-refractivity contribution in [2.75, 3.05) is 0 Å². The minimum absolute atomic E-state index is 0.504. The first kappa shape index (κ1) is 11.7. The molecule has 1 heterocycles. The largest absolute Gasteiger partial charge is 0.250 e. The highest BCUT2D eigenvalue weighted by Gasteiger charge is 1.97. The van der Waals surface area contributed by atoms with E-state index in [2.05, 4.69) is 34.4 Å². The van der Waals surface area contributed by atoms with Crippen molar-refractivity contribution in [1.29, 1.82) is 0 Å². The van der Waals surface area contributed by atoms with Gasteiger partial charge in [-0.15, -0.1) is 0 Å². The molecule has 1 N–H and O–H groups in total. The van der Waals surface area contributed by atoms with Gasteiger partial charge in [-0.2, -0.15) is 14.9 Å². The molecular weight excluding hydrogens is 232 g/mol. The number of nitrogens with zero attached hydrogens (tertiary/aromatic N) is 3. The van der Waals surface area contributed by atoms with Crippen molar-refractivity contribution in [2.45, 2.75) is 20.3 Å². The molecule has 0 radical (unpaired) electrons. The quantitative estimate of drug-likeness (QED) is 0.668. The summed E-state index contributed by atoms with van der Waals surface area (Å²) in [6.45, 7) is 3.99. The van der Waals surface area contributed by atoms with Crippen molar-refractivity contribution >= 4 is 18.4 Å². The normalized spacial score (nSPS) is 11.2. The molecular formula is C12H14N4S. The molecule has 4 nitrogen and oxygen atoms in total. The minimum atomic E-state index is 0.504. The molecule has 17 heavy (non-hydrogen) atoms. The lowest BCUT2D eigenvalue weighted by atomic mass is 10.1. The summed E-state index contributed by atoms with van der Waals surface area (Å²) in [5, 5.41) is 11.0. The van der Waals surface area contributed by atoms with Crippen LogP contribution in [-0.4, -0.2) is 21.1 Å². The standard InChI is InChI=1S/C12H14N4S/c1-3-10-4-6-11(7-5-10)8-13-16-9(2)14-15-12(16)17/h4-8H,3H2,1-2H3,(H,15,17)/b13-8+. The Morgan fingerprint density at radius 2 is 2.12 bits per heavy atom. The minimum Gasteiger partial charge on any atom is -0.250 e. The van der Waals surface area contributed by atoms with Crippen LogP contribution >= 0.6 is 12.2 Å². The number of nitrogens with one attached hydrogen (secondary N) is 1. The van der Waals surface area contributed by atoms with Gasteiger partial charge >= 0.3 is 0 Å². The number of aromatic amines is 1. The van der Waals surface area contributed by atoms with Crippen molar-refractivity contribution in [3.8, 4) is 0 Å². The Labute approximate surface area is 105 Å². The number of H-pyrrole nitrogens is 1. The molecule has 0 atom stereocenters. The van der Waals surface area contributed by atoms with Crippen LogP contribution in [0.1, 0.15) is 23.9 Å². The van der Waals surface area contributed by atoms with E-state index in [0.29, 0.717) is 4.77 Å². The second-order valence-corrected chi connectivity index (χ2v) is 4.11. The van der Waals surface area contributed by atoms with Crippen LogP contribution in [0.3, 0.4) is 0 Å². The van der Waals surface area contributed by atoms with Crippen LogP contribution in [0.25, 0.3) is 0 Å². The lowest BCUT2D eigenvalue weighted by Gasteiger charge is -1.97. The highest BCUT2D eigenvalue weighted by molar-refractivity contribution is 7.71. The number of hydrogen-bond acceptors (Lipinski definition) is 3. The predicted octanol–water partition coefficient (Wildman–Crippen LogP) is 2.69. The molecule has 0 saturated heterocycles. The lowest BCUT2D eigenvalue weighted by molar-refractivity contribution is 0.821. The van der Waals surface area contributed by atoms with Crippen molar-refractivity contribution in [2.24, 2.45) is 5.10 Å². The van der Waals surface area contributed by atoms with Gasteiger partial charge in [0.15, 0.2) is 0 Å². The highest BCUT2D eigenvalue weighted by Crippen LogP contribution is 2.03. The summed E-state index contributed by atoms with van der Waals surface area (Å²) in [6.07, 6.45) is 2.82. The third kappa shape index (κ3) is 2.68. The molecule has 0 unspecified atom stereocenters. The fourth-order valence-corrected chi connectivity index (χ4v) is 1.70. The summed E-state index contributed by atoms with van der Waals surface area (Å²) in [4.78, 5) is 0. The monoisotopic (exact) mass is 246 g/mol. The van der Waals surface area contributed by atoms with Crippen LogP contribution in [0.2, 0.25) is 0 Å². The second-order valence-electron chi connectivity index (χ2n) is 3.73. The number of aromatic nitrogens is 3. The van der Waals surface area contributed by atoms with E-state index in [4.69, 9.17) is 12.2 Å². The summed E-state index contributed by atoms with van der Waals surface area (Å²) in [5.74, 6) is 0.747. The fraction of sp³-hybridized carbons (Fsp3) is 0.250. The number of aryl methyl sites for hydroxylation is 2. The summed E-state index contributed by atoms with van der Waals surface area (Å²) < 4.78 is 2.10. The maximum atomic E-state index is 5.06. The van der Waals surface area contributed by atoms with Gasteiger partial charge < -0.3 is 0 Å². The first-order valence-corrected chi connectivity index (χ1v) is 5.89. The molecule has 0 aliphatic heterocycles. The van der Waals surface area contributed by atoms with Crippen LogP contribution in [-0.2, 0) is 6.42 Å². The van der Waals surface area contributed by atoms with Gasteiger partial charge in [0.05, 0.1) is 6.21 Å². The first-order chi connectivity index (χ1) is 8.20. The zero-order valence-electron chi connectivity index (χ0n) is 9.84. The summed E-state index contributed by atoms with van der Waals surface area (Å²) in [7, 11) is 0. The van der Waals surface area contributed by atoms with E-state index in [9.17, 15) is 0 Å². The Morgan fingerprint density at radius 1 is 1.41 bits per heavy atom. The molecule has 0 bridgehead atoms. The van der Waals surface area contributed by atoms with Gasteiger partial charge in [-0.3, -0.25) is 5.10 Å². The van der Waals surface area contributed by atoms with E-state index in [1.54, 1.807) is 10.9 Å². The fourth-order valence-electron chi connectivity index (χ4n) is 1.47. The molecule has 2 rings (SSSR count). The van der Waals surface area contributed by atoms with Crippen molar-refractivity contribution in [1.82, 2.24) is 14.9 Å². The summed E-state index contributed by atoms with van der Waals surface area (Å²) >= 11 is 5.06. The first-order valence-electron chi connectivity index (χ1n) is 5.48. The van der Waals surface area contributed by atoms with Crippen molar-refractivity contribution in [3.63, 3.8) is 0 Å². The topological polar surface area (TPSA) is 46.0 Å². The van der Waals surface area contributed by atoms with E-state index in [-0.39, 0.29) is 0 Å². The van der Waals surface area contributed by atoms with Gasteiger partial charge in [0, 0.05) is 0 Å². The number of rotatable bonds is 3. The molecule has 0 aliphatic rings. The van der Waals surface area contributed by atoms with Gasteiger partial charge in [0.25, 0.3) is 0 Å². The van der Waals surface area contributed by atoms with Crippen LogP contribution in [0.15, 0.2) is 29.4 Å². The molecule has 5 heteroatoms. The molecule has 0 fully saturated rings. The Bertz CT molecular complexity index is 577. The summed E-state index contributed by atoms with van der Waals surface area (Å²) in [6, 6.07) is 8.29. The average Bonchev–Trinajstić information content (AvgIpc) is 2.67. The van der Waals surface area contributed by atoms with Crippen molar-refractivity contribution in [3.05, 3.63) is 46.0 Å². The van der Waals surface area contributed by atoms with Crippen molar-refractivity contribution < 1.29 is 0 Å².